The van der Waals surface area contributed by atoms with Crippen molar-refractivity contribution in [2.24, 2.45) is 0 Å². The number of carbonyl (C=O) groups excluding carboxylic acids is 1. The van der Waals surface area contributed by atoms with E-state index in [1.165, 1.54) is 5.56 Å². The maximum Gasteiger partial charge on any atom is 0.319 e. The SMILES string of the molecule is CNNOc1ccc(NC(=O)NCCCOc2ccc(C)cc2C)cc1. The second-order valence-electron chi connectivity index (χ2n) is 5.83. The lowest BCUT2D eigenvalue weighted by Gasteiger charge is -2.11. The van der Waals surface area contributed by atoms with E-state index in [9.17, 15) is 4.79 Å². The largest absolute Gasteiger partial charge is 0.493 e. The topological polar surface area (TPSA) is 83.7 Å². The fourth-order valence-electron chi connectivity index (χ4n) is 2.31. The molecule has 2 amide bonds. The summed E-state index contributed by atoms with van der Waals surface area (Å²) in [6.45, 7) is 5.16. The van der Waals surface area contributed by atoms with E-state index in [1.54, 1.807) is 31.3 Å². The van der Waals surface area contributed by atoms with Gasteiger partial charge in [0.1, 0.15) is 11.5 Å². The highest BCUT2D eigenvalue weighted by Crippen LogP contribution is 2.18. The molecule has 0 saturated heterocycles. The molecule has 0 aromatic heterocycles. The average Bonchev–Trinajstić information content (AvgIpc) is 2.62. The second-order valence-corrected chi connectivity index (χ2v) is 5.83. The number of benzene rings is 2. The Morgan fingerprint density at radius 1 is 1.08 bits per heavy atom. The first-order valence-corrected chi connectivity index (χ1v) is 8.52. The van der Waals surface area contributed by atoms with Gasteiger partial charge in [-0.3, -0.25) is 0 Å². The van der Waals surface area contributed by atoms with Gasteiger partial charge in [-0.2, -0.15) is 0 Å². The molecule has 140 valence electrons. The molecule has 0 aliphatic heterocycles. The zero-order chi connectivity index (χ0) is 18.8. The molecule has 2 aromatic rings. The van der Waals surface area contributed by atoms with Crippen molar-refractivity contribution in [3.8, 4) is 11.5 Å². The summed E-state index contributed by atoms with van der Waals surface area (Å²) >= 11 is 0. The first-order valence-electron chi connectivity index (χ1n) is 8.52. The van der Waals surface area contributed by atoms with Gasteiger partial charge in [0.2, 0.25) is 0 Å². The van der Waals surface area contributed by atoms with Gasteiger partial charge in [0.25, 0.3) is 0 Å². The predicted octanol–water partition coefficient (Wildman–Crippen LogP) is 2.91. The Hall–Kier alpha value is -2.77. The van der Waals surface area contributed by atoms with E-state index in [0.717, 1.165) is 17.7 Å². The fraction of sp³-hybridized carbons (Fsp3) is 0.316. The third kappa shape index (κ3) is 6.62. The molecule has 0 atom stereocenters. The number of amides is 2. The Bertz CT molecular complexity index is 704. The van der Waals surface area contributed by atoms with Crippen LogP contribution < -0.4 is 31.2 Å². The van der Waals surface area contributed by atoms with Crippen molar-refractivity contribution in [1.82, 2.24) is 16.3 Å². The Labute approximate surface area is 154 Å². The van der Waals surface area contributed by atoms with E-state index in [-0.39, 0.29) is 6.03 Å². The smallest absolute Gasteiger partial charge is 0.319 e. The van der Waals surface area contributed by atoms with E-state index >= 15 is 0 Å². The van der Waals surface area contributed by atoms with E-state index in [0.29, 0.717) is 24.6 Å². The van der Waals surface area contributed by atoms with Crippen LogP contribution in [0.3, 0.4) is 0 Å². The summed E-state index contributed by atoms with van der Waals surface area (Å²) in [6, 6.07) is 12.9. The summed E-state index contributed by atoms with van der Waals surface area (Å²) in [6.07, 6.45) is 0.725. The minimum Gasteiger partial charge on any atom is -0.493 e. The van der Waals surface area contributed by atoms with Crippen LogP contribution in [0.4, 0.5) is 10.5 Å². The van der Waals surface area contributed by atoms with Crippen molar-refractivity contribution in [3.05, 3.63) is 53.6 Å². The lowest BCUT2D eigenvalue weighted by Crippen LogP contribution is -2.31. The molecule has 0 aliphatic carbocycles. The van der Waals surface area contributed by atoms with Gasteiger partial charge in [-0.1, -0.05) is 23.3 Å². The number of aryl methyl sites for hydroxylation is 2. The van der Waals surface area contributed by atoms with Crippen LogP contribution in [0.2, 0.25) is 0 Å². The molecule has 4 N–H and O–H groups in total. The van der Waals surface area contributed by atoms with Gasteiger partial charge in [-0.25, -0.2) is 10.2 Å². The molecule has 7 heteroatoms. The fourth-order valence-corrected chi connectivity index (χ4v) is 2.31. The maximum atomic E-state index is 11.9. The van der Waals surface area contributed by atoms with Gasteiger partial charge in [0.15, 0.2) is 0 Å². The minimum absolute atomic E-state index is 0.251. The summed E-state index contributed by atoms with van der Waals surface area (Å²) in [5.74, 6) is 1.52. The third-order valence-corrected chi connectivity index (χ3v) is 3.58. The van der Waals surface area contributed by atoms with Gasteiger partial charge in [0, 0.05) is 19.3 Å². The molecule has 26 heavy (non-hydrogen) atoms. The summed E-state index contributed by atoms with van der Waals surface area (Å²) in [5.41, 5.74) is 8.19. The molecular weight excluding hydrogens is 332 g/mol. The summed E-state index contributed by atoms with van der Waals surface area (Å²) < 4.78 is 5.74. The van der Waals surface area contributed by atoms with Gasteiger partial charge in [0.05, 0.1) is 6.61 Å². The van der Waals surface area contributed by atoms with Crippen molar-refractivity contribution < 1.29 is 14.4 Å². The maximum absolute atomic E-state index is 11.9. The monoisotopic (exact) mass is 358 g/mol. The van der Waals surface area contributed by atoms with Crippen LogP contribution in [0.15, 0.2) is 42.5 Å². The van der Waals surface area contributed by atoms with Crippen molar-refractivity contribution in [2.75, 3.05) is 25.5 Å². The van der Waals surface area contributed by atoms with Gasteiger partial charge in [-0.05, 0) is 56.2 Å². The molecule has 0 unspecified atom stereocenters. The molecule has 0 heterocycles. The number of ether oxygens (including phenoxy) is 1. The standard InChI is InChI=1S/C19H26N4O3/c1-14-5-10-18(15(2)13-14)25-12-4-11-21-19(24)22-16-6-8-17(9-7-16)26-23-20-3/h5-10,13,20,23H,4,11-12H2,1-3H3,(H2,21,22,24). The number of carbonyl (C=O) groups is 1. The van der Waals surface area contributed by atoms with Gasteiger partial charge in [-0.15, -0.1) is 0 Å². The number of hydrazine groups is 1. The Balaban J connectivity index is 1.64. The molecule has 0 spiro atoms. The minimum atomic E-state index is -0.251. The molecule has 2 rings (SSSR count). The van der Waals surface area contributed by atoms with Crippen LogP contribution in [0, 0.1) is 13.8 Å². The number of rotatable bonds is 9. The average molecular weight is 358 g/mol. The van der Waals surface area contributed by atoms with E-state index in [4.69, 9.17) is 9.57 Å². The Morgan fingerprint density at radius 2 is 1.85 bits per heavy atom. The highest BCUT2D eigenvalue weighted by Gasteiger charge is 2.03. The summed E-state index contributed by atoms with van der Waals surface area (Å²) in [5, 5.41) is 5.57. The van der Waals surface area contributed by atoms with Crippen LogP contribution >= 0.6 is 0 Å². The molecule has 0 bridgehead atoms. The number of anilines is 1. The second kappa shape index (κ2) is 10.3. The molecular formula is C19H26N4O3. The first-order chi connectivity index (χ1) is 12.6. The highest BCUT2D eigenvalue weighted by molar-refractivity contribution is 5.89. The zero-order valence-corrected chi connectivity index (χ0v) is 15.4. The Morgan fingerprint density at radius 3 is 2.54 bits per heavy atom. The summed E-state index contributed by atoms with van der Waals surface area (Å²) in [7, 11) is 1.70. The Kier molecular flexibility index (Phi) is 7.73. The molecule has 0 saturated carbocycles. The van der Waals surface area contributed by atoms with Crippen LogP contribution in [-0.2, 0) is 0 Å². The zero-order valence-electron chi connectivity index (χ0n) is 15.4. The van der Waals surface area contributed by atoms with Crippen LogP contribution in [0.5, 0.6) is 11.5 Å². The molecule has 2 aromatic carbocycles. The van der Waals surface area contributed by atoms with Crippen molar-refractivity contribution in [3.63, 3.8) is 0 Å². The number of hydrogen-bond acceptors (Lipinski definition) is 5. The third-order valence-electron chi connectivity index (χ3n) is 3.58. The predicted molar refractivity (Wildman–Crippen MR) is 102 cm³/mol. The molecule has 0 fully saturated rings. The number of urea groups is 1. The lowest BCUT2D eigenvalue weighted by molar-refractivity contribution is 0.160. The molecule has 7 nitrogen and oxygen atoms in total. The highest BCUT2D eigenvalue weighted by atomic mass is 16.7. The summed E-state index contributed by atoms with van der Waals surface area (Å²) in [4.78, 5) is 17.0. The normalized spacial score (nSPS) is 10.3. The van der Waals surface area contributed by atoms with Crippen molar-refractivity contribution >= 4 is 11.7 Å². The van der Waals surface area contributed by atoms with Crippen LogP contribution in [-0.4, -0.2) is 26.2 Å². The number of hydrogen-bond donors (Lipinski definition) is 4. The molecule has 0 aliphatic rings. The first kappa shape index (κ1) is 19.6. The van der Waals surface area contributed by atoms with Gasteiger partial charge >= 0.3 is 6.03 Å². The number of nitrogens with one attached hydrogen (secondary N) is 4. The van der Waals surface area contributed by atoms with E-state index < -0.39 is 0 Å². The van der Waals surface area contributed by atoms with E-state index in [2.05, 4.69) is 34.6 Å². The van der Waals surface area contributed by atoms with E-state index in [1.807, 2.05) is 19.1 Å². The van der Waals surface area contributed by atoms with Crippen LogP contribution in [0.25, 0.3) is 0 Å². The van der Waals surface area contributed by atoms with Crippen molar-refractivity contribution in [2.45, 2.75) is 20.3 Å². The van der Waals surface area contributed by atoms with Crippen molar-refractivity contribution in [1.29, 1.82) is 0 Å². The van der Waals surface area contributed by atoms with Gasteiger partial charge < -0.3 is 20.2 Å². The molecule has 0 radical (unpaired) electrons. The van der Waals surface area contributed by atoms with Crippen LogP contribution in [0.1, 0.15) is 17.5 Å². The lowest BCUT2D eigenvalue weighted by atomic mass is 10.1. The quantitative estimate of drug-likeness (QED) is 0.409.